The van der Waals surface area contributed by atoms with Crippen LogP contribution < -0.4 is 5.32 Å². The number of benzene rings is 1. The van der Waals surface area contributed by atoms with Crippen molar-refractivity contribution in [1.82, 2.24) is 14.9 Å². The maximum Gasteiger partial charge on any atom is 0.256 e. The highest BCUT2D eigenvalue weighted by Crippen LogP contribution is 2.17. The van der Waals surface area contributed by atoms with Gasteiger partial charge in [0.15, 0.2) is 0 Å². The number of carbonyl (C=O) groups excluding carboxylic acids is 1. The summed E-state index contributed by atoms with van der Waals surface area (Å²) >= 11 is 0. The molecule has 5 heteroatoms. The van der Waals surface area contributed by atoms with Crippen LogP contribution in [0.2, 0.25) is 0 Å². The Bertz CT molecular complexity index is 656. The van der Waals surface area contributed by atoms with Gasteiger partial charge in [0.2, 0.25) is 5.95 Å². The lowest BCUT2D eigenvalue weighted by atomic mass is 10.1. The molecular weight excluding hydrogens is 300 g/mol. The molecule has 0 radical (unpaired) electrons. The lowest BCUT2D eigenvalue weighted by Crippen LogP contribution is -2.32. The fourth-order valence-corrected chi connectivity index (χ4v) is 2.72. The summed E-state index contributed by atoms with van der Waals surface area (Å²) in [7, 11) is 0. The maximum absolute atomic E-state index is 12.5. The second-order valence-corrected chi connectivity index (χ2v) is 6.09. The minimum Gasteiger partial charge on any atom is -0.339 e. The third kappa shape index (κ3) is 4.78. The Labute approximate surface area is 144 Å². The van der Waals surface area contributed by atoms with Crippen LogP contribution in [0.1, 0.15) is 48.2 Å². The van der Waals surface area contributed by atoms with E-state index in [4.69, 9.17) is 0 Å². The Morgan fingerprint density at radius 3 is 2.04 bits per heavy atom. The molecule has 1 N–H and O–H groups in total. The quantitative estimate of drug-likeness (QED) is 0.832. The van der Waals surface area contributed by atoms with E-state index in [9.17, 15) is 4.79 Å². The van der Waals surface area contributed by atoms with Gasteiger partial charge < -0.3 is 10.2 Å². The molecule has 5 nitrogen and oxygen atoms in total. The van der Waals surface area contributed by atoms with Crippen LogP contribution in [-0.2, 0) is 0 Å². The number of aromatic nitrogens is 2. The molecule has 0 fully saturated rings. The van der Waals surface area contributed by atoms with Crippen molar-refractivity contribution >= 4 is 17.5 Å². The van der Waals surface area contributed by atoms with E-state index >= 15 is 0 Å². The third-order valence-corrected chi connectivity index (χ3v) is 3.65. The van der Waals surface area contributed by atoms with E-state index in [2.05, 4.69) is 49.0 Å². The summed E-state index contributed by atoms with van der Waals surface area (Å²) in [4.78, 5) is 22.9. The first kappa shape index (κ1) is 17.9. The summed E-state index contributed by atoms with van der Waals surface area (Å²) in [6.07, 6.45) is 5.08. The standard InChI is InChI=1S/C19H26N4O/c1-5-7-23(8-6-2)18(24)16-12-20-19(21-13-16)22-17-10-14(3)9-15(4)11-17/h9-13H,5-8H2,1-4H3,(H,20,21,22). The molecule has 2 aromatic rings. The molecule has 0 saturated carbocycles. The first-order chi connectivity index (χ1) is 11.5. The van der Waals surface area contributed by atoms with E-state index in [1.165, 1.54) is 11.1 Å². The maximum atomic E-state index is 12.5. The molecule has 0 bridgehead atoms. The molecule has 0 unspecified atom stereocenters. The monoisotopic (exact) mass is 326 g/mol. The molecule has 0 aliphatic heterocycles. The van der Waals surface area contributed by atoms with Crippen molar-refractivity contribution in [3.8, 4) is 0 Å². The van der Waals surface area contributed by atoms with Crippen LogP contribution in [0.3, 0.4) is 0 Å². The lowest BCUT2D eigenvalue weighted by molar-refractivity contribution is 0.0755. The first-order valence-corrected chi connectivity index (χ1v) is 8.50. The van der Waals surface area contributed by atoms with E-state index in [1.807, 2.05) is 17.0 Å². The number of hydrogen-bond donors (Lipinski definition) is 1. The summed E-state index contributed by atoms with van der Waals surface area (Å²) < 4.78 is 0. The smallest absolute Gasteiger partial charge is 0.256 e. The fourth-order valence-electron chi connectivity index (χ4n) is 2.72. The molecule has 0 aliphatic carbocycles. The van der Waals surface area contributed by atoms with Crippen LogP contribution in [0.5, 0.6) is 0 Å². The van der Waals surface area contributed by atoms with E-state index in [1.54, 1.807) is 12.4 Å². The highest BCUT2D eigenvalue weighted by molar-refractivity contribution is 5.93. The van der Waals surface area contributed by atoms with Gasteiger partial charge in [-0.05, 0) is 49.9 Å². The molecule has 0 atom stereocenters. The van der Waals surface area contributed by atoms with Crippen LogP contribution in [0.4, 0.5) is 11.6 Å². The summed E-state index contributed by atoms with van der Waals surface area (Å²) in [5, 5.41) is 3.18. The molecule has 1 aromatic carbocycles. The van der Waals surface area contributed by atoms with Gasteiger partial charge in [0.1, 0.15) is 0 Å². The summed E-state index contributed by atoms with van der Waals surface area (Å²) in [5.41, 5.74) is 3.84. The van der Waals surface area contributed by atoms with E-state index < -0.39 is 0 Å². The second kappa shape index (κ2) is 8.43. The minimum absolute atomic E-state index is 0.00310. The van der Waals surface area contributed by atoms with Crippen LogP contribution in [0.25, 0.3) is 0 Å². The molecule has 0 spiro atoms. The van der Waals surface area contributed by atoms with Crippen molar-refractivity contribution in [3.05, 3.63) is 47.3 Å². The Morgan fingerprint density at radius 2 is 1.54 bits per heavy atom. The van der Waals surface area contributed by atoms with E-state index in [0.29, 0.717) is 11.5 Å². The zero-order valence-electron chi connectivity index (χ0n) is 15.0. The topological polar surface area (TPSA) is 58.1 Å². The number of amides is 1. The molecule has 24 heavy (non-hydrogen) atoms. The number of rotatable bonds is 7. The predicted molar refractivity (Wildman–Crippen MR) is 97.7 cm³/mol. The number of nitrogens with zero attached hydrogens (tertiary/aromatic N) is 3. The van der Waals surface area contributed by atoms with E-state index in [-0.39, 0.29) is 5.91 Å². The Balaban J connectivity index is 2.10. The van der Waals surface area contributed by atoms with Gasteiger partial charge in [0.25, 0.3) is 5.91 Å². The molecule has 1 heterocycles. The van der Waals surface area contributed by atoms with Crippen molar-refractivity contribution in [2.24, 2.45) is 0 Å². The van der Waals surface area contributed by atoms with Crippen LogP contribution >= 0.6 is 0 Å². The lowest BCUT2D eigenvalue weighted by Gasteiger charge is -2.21. The molecule has 0 saturated heterocycles. The normalized spacial score (nSPS) is 10.5. The second-order valence-electron chi connectivity index (χ2n) is 6.09. The van der Waals surface area contributed by atoms with Crippen molar-refractivity contribution in [3.63, 3.8) is 0 Å². The Kier molecular flexibility index (Phi) is 6.29. The Morgan fingerprint density at radius 1 is 1.00 bits per heavy atom. The van der Waals surface area contributed by atoms with Crippen LogP contribution in [0, 0.1) is 13.8 Å². The van der Waals surface area contributed by atoms with Gasteiger partial charge in [-0.25, -0.2) is 9.97 Å². The minimum atomic E-state index is -0.00310. The molecular formula is C19H26N4O. The third-order valence-electron chi connectivity index (χ3n) is 3.65. The van der Waals surface area contributed by atoms with Gasteiger partial charge in [-0.15, -0.1) is 0 Å². The number of carbonyl (C=O) groups is 1. The summed E-state index contributed by atoms with van der Waals surface area (Å²) in [5.74, 6) is 0.491. The van der Waals surface area contributed by atoms with Gasteiger partial charge in [0.05, 0.1) is 5.56 Å². The van der Waals surface area contributed by atoms with Gasteiger partial charge in [-0.1, -0.05) is 19.9 Å². The largest absolute Gasteiger partial charge is 0.339 e. The van der Waals surface area contributed by atoms with Crippen molar-refractivity contribution in [2.75, 3.05) is 18.4 Å². The van der Waals surface area contributed by atoms with Crippen molar-refractivity contribution in [1.29, 1.82) is 0 Å². The number of nitrogens with one attached hydrogen (secondary N) is 1. The highest BCUT2D eigenvalue weighted by Gasteiger charge is 2.15. The summed E-state index contributed by atoms with van der Waals surface area (Å²) in [6, 6.07) is 6.20. The highest BCUT2D eigenvalue weighted by atomic mass is 16.2. The van der Waals surface area contributed by atoms with Gasteiger partial charge in [-0.2, -0.15) is 0 Å². The number of aryl methyl sites for hydroxylation is 2. The Hall–Kier alpha value is -2.43. The molecule has 1 amide bonds. The van der Waals surface area contributed by atoms with Crippen LogP contribution in [0.15, 0.2) is 30.6 Å². The number of hydrogen-bond acceptors (Lipinski definition) is 4. The van der Waals surface area contributed by atoms with Gasteiger partial charge in [-0.3, -0.25) is 4.79 Å². The molecule has 0 aliphatic rings. The average molecular weight is 326 g/mol. The zero-order valence-corrected chi connectivity index (χ0v) is 15.0. The number of anilines is 2. The molecule has 1 aromatic heterocycles. The van der Waals surface area contributed by atoms with Gasteiger partial charge >= 0.3 is 0 Å². The fraction of sp³-hybridized carbons (Fsp3) is 0.421. The van der Waals surface area contributed by atoms with Crippen molar-refractivity contribution < 1.29 is 4.79 Å². The van der Waals surface area contributed by atoms with E-state index in [0.717, 1.165) is 31.6 Å². The zero-order chi connectivity index (χ0) is 17.5. The molecule has 128 valence electrons. The van der Waals surface area contributed by atoms with Gasteiger partial charge in [0, 0.05) is 31.2 Å². The molecule has 2 rings (SSSR count). The predicted octanol–water partition coefficient (Wildman–Crippen LogP) is 4.10. The first-order valence-electron chi connectivity index (χ1n) is 8.50. The van der Waals surface area contributed by atoms with Crippen LogP contribution in [-0.4, -0.2) is 33.9 Å². The summed E-state index contributed by atoms with van der Waals surface area (Å²) in [6.45, 7) is 9.77. The SMILES string of the molecule is CCCN(CCC)C(=O)c1cnc(Nc2cc(C)cc(C)c2)nc1. The van der Waals surface area contributed by atoms with Crippen molar-refractivity contribution in [2.45, 2.75) is 40.5 Å². The average Bonchev–Trinajstić information content (AvgIpc) is 2.54.